The van der Waals surface area contributed by atoms with Gasteiger partial charge in [0.2, 0.25) is 11.5 Å². The molecule has 2 rings (SSSR count). The van der Waals surface area contributed by atoms with Crippen LogP contribution >= 0.6 is 24.8 Å². The van der Waals surface area contributed by atoms with Crippen LogP contribution in [0.5, 0.6) is 0 Å². The molecule has 1 atom stereocenters. The van der Waals surface area contributed by atoms with Gasteiger partial charge in [-0.3, -0.25) is 9.59 Å². The molecule has 1 aliphatic heterocycles. The van der Waals surface area contributed by atoms with E-state index in [1.165, 1.54) is 6.07 Å². The number of carbonyl (C=O) groups is 1. The Hall–Kier alpha value is -1.08. The second kappa shape index (κ2) is 9.77. The summed E-state index contributed by atoms with van der Waals surface area (Å²) in [5.41, 5.74) is 0.726. The van der Waals surface area contributed by atoms with E-state index in [1.54, 1.807) is 12.3 Å². The number of ether oxygens (including phenoxy) is 1. The minimum absolute atomic E-state index is 0. The highest BCUT2D eigenvalue weighted by Gasteiger charge is 2.16. The minimum atomic E-state index is -0.145. The zero-order valence-corrected chi connectivity index (χ0v) is 12.5. The predicted octanol–water partition coefficient (Wildman–Crippen LogP) is 0.213. The second-order valence-corrected chi connectivity index (χ2v) is 4.27. The number of aromatic amines is 1. The van der Waals surface area contributed by atoms with Crippen molar-refractivity contribution in [3.05, 3.63) is 34.2 Å². The quantitative estimate of drug-likeness (QED) is 0.740. The highest BCUT2D eigenvalue weighted by atomic mass is 35.5. The fourth-order valence-electron chi connectivity index (χ4n) is 1.80. The number of carbonyl (C=O) groups excluding carboxylic acids is 1. The van der Waals surface area contributed by atoms with E-state index in [-0.39, 0.29) is 42.3 Å². The largest absolute Gasteiger partial charge is 0.378 e. The third-order valence-corrected chi connectivity index (χ3v) is 2.77. The summed E-state index contributed by atoms with van der Waals surface area (Å²) < 4.78 is 5.28. The summed E-state index contributed by atoms with van der Waals surface area (Å²) >= 11 is 0. The van der Waals surface area contributed by atoms with Crippen LogP contribution in [0, 0.1) is 0 Å². The molecular formula is C12H19Cl2N3O3. The Morgan fingerprint density at radius 1 is 1.40 bits per heavy atom. The Balaban J connectivity index is 0.00000180. The van der Waals surface area contributed by atoms with Gasteiger partial charge in [0.15, 0.2) is 0 Å². The summed E-state index contributed by atoms with van der Waals surface area (Å²) in [6, 6.07) is 3.23. The summed E-state index contributed by atoms with van der Waals surface area (Å²) in [6.07, 6.45) is 2.01. The van der Waals surface area contributed by atoms with Crippen molar-refractivity contribution in [1.82, 2.24) is 15.6 Å². The van der Waals surface area contributed by atoms with Gasteiger partial charge >= 0.3 is 0 Å². The van der Waals surface area contributed by atoms with Crippen molar-refractivity contribution in [2.75, 3.05) is 19.8 Å². The van der Waals surface area contributed by atoms with Gasteiger partial charge in [-0.05, 0) is 5.56 Å². The van der Waals surface area contributed by atoms with Crippen molar-refractivity contribution in [3.8, 4) is 0 Å². The Morgan fingerprint density at radius 2 is 2.20 bits per heavy atom. The lowest BCUT2D eigenvalue weighted by molar-refractivity contribution is -0.122. The van der Waals surface area contributed by atoms with E-state index in [1.807, 2.05) is 0 Å². The molecule has 8 heteroatoms. The monoisotopic (exact) mass is 323 g/mol. The maximum Gasteiger partial charge on any atom is 0.247 e. The van der Waals surface area contributed by atoms with E-state index < -0.39 is 0 Å². The van der Waals surface area contributed by atoms with Crippen LogP contribution in [0.15, 0.2) is 23.1 Å². The number of hydrogen-bond donors (Lipinski definition) is 3. The number of rotatable bonds is 4. The van der Waals surface area contributed by atoms with Crippen LogP contribution in [0.4, 0.5) is 0 Å². The third-order valence-electron chi connectivity index (χ3n) is 2.77. The van der Waals surface area contributed by atoms with Crippen LogP contribution < -0.4 is 16.2 Å². The van der Waals surface area contributed by atoms with E-state index in [4.69, 9.17) is 4.74 Å². The number of pyridine rings is 1. The first-order valence-electron chi connectivity index (χ1n) is 5.99. The number of nitrogens with one attached hydrogen (secondary N) is 3. The van der Waals surface area contributed by atoms with E-state index >= 15 is 0 Å². The van der Waals surface area contributed by atoms with Crippen molar-refractivity contribution in [1.29, 1.82) is 0 Å². The number of morpholine rings is 1. The van der Waals surface area contributed by atoms with Crippen molar-refractivity contribution < 1.29 is 9.53 Å². The van der Waals surface area contributed by atoms with Crippen molar-refractivity contribution in [2.45, 2.75) is 19.0 Å². The van der Waals surface area contributed by atoms with Gasteiger partial charge in [0.05, 0.1) is 13.2 Å². The van der Waals surface area contributed by atoms with E-state index in [9.17, 15) is 9.59 Å². The molecular weight excluding hydrogens is 305 g/mol. The average molecular weight is 324 g/mol. The fourth-order valence-corrected chi connectivity index (χ4v) is 1.80. The van der Waals surface area contributed by atoms with Crippen molar-refractivity contribution >= 4 is 30.7 Å². The maximum atomic E-state index is 11.7. The van der Waals surface area contributed by atoms with E-state index in [0.29, 0.717) is 26.2 Å². The van der Waals surface area contributed by atoms with Crippen molar-refractivity contribution in [2.24, 2.45) is 0 Å². The maximum absolute atomic E-state index is 11.7. The number of aromatic nitrogens is 1. The molecule has 0 aliphatic carbocycles. The lowest BCUT2D eigenvalue weighted by Crippen LogP contribution is -2.44. The van der Waals surface area contributed by atoms with Gasteiger partial charge < -0.3 is 20.4 Å². The highest BCUT2D eigenvalue weighted by molar-refractivity contribution is 5.85. The topological polar surface area (TPSA) is 83.2 Å². The van der Waals surface area contributed by atoms with E-state index in [0.717, 1.165) is 12.1 Å². The number of hydrogen-bond acceptors (Lipinski definition) is 4. The Bertz CT molecular complexity index is 441. The first-order chi connectivity index (χ1) is 8.74. The molecule has 1 amide bonds. The molecule has 6 nitrogen and oxygen atoms in total. The van der Waals surface area contributed by atoms with Crippen LogP contribution in [-0.4, -0.2) is 36.7 Å². The van der Waals surface area contributed by atoms with Gasteiger partial charge in [0.25, 0.3) is 0 Å². The number of amides is 1. The minimum Gasteiger partial charge on any atom is -0.378 e. The Labute approximate surface area is 129 Å². The van der Waals surface area contributed by atoms with Gasteiger partial charge in [0.1, 0.15) is 0 Å². The molecule has 2 heterocycles. The summed E-state index contributed by atoms with van der Waals surface area (Å²) in [6.45, 7) is 2.49. The Morgan fingerprint density at radius 3 is 2.80 bits per heavy atom. The lowest BCUT2D eigenvalue weighted by Gasteiger charge is -2.23. The molecule has 3 N–H and O–H groups in total. The van der Waals surface area contributed by atoms with Crippen LogP contribution in [0.25, 0.3) is 0 Å². The van der Waals surface area contributed by atoms with Crippen molar-refractivity contribution in [3.63, 3.8) is 0 Å². The standard InChI is InChI=1S/C12H17N3O3.2ClH/c16-11-2-1-9(6-14-11)7-15-12(17)5-10-8-18-4-3-13-10;;/h1-2,6,10,13H,3-5,7-8H2,(H,14,16)(H,15,17);2*1H. The molecule has 20 heavy (non-hydrogen) atoms. The van der Waals surface area contributed by atoms with E-state index in [2.05, 4.69) is 15.6 Å². The zero-order chi connectivity index (χ0) is 12.8. The van der Waals surface area contributed by atoms with Gasteiger partial charge in [0, 0.05) is 37.8 Å². The van der Waals surface area contributed by atoms with Crippen LogP contribution in [0.1, 0.15) is 12.0 Å². The number of H-pyrrole nitrogens is 1. The van der Waals surface area contributed by atoms with Crippen LogP contribution in [-0.2, 0) is 16.1 Å². The highest BCUT2D eigenvalue weighted by Crippen LogP contribution is 1.99. The lowest BCUT2D eigenvalue weighted by atomic mass is 10.2. The molecule has 0 aromatic carbocycles. The number of halogens is 2. The molecule has 1 fully saturated rings. The summed E-state index contributed by atoms with van der Waals surface area (Å²) in [5.74, 6) is -0.0239. The summed E-state index contributed by atoms with van der Waals surface area (Å²) in [5, 5.41) is 6.03. The second-order valence-electron chi connectivity index (χ2n) is 4.27. The first-order valence-corrected chi connectivity index (χ1v) is 5.99. The van der Waals surface area contributed by atoms with Gasteiger partial charge in [-0.2, -0.15) is 0 Å². The predicted molar refractivity (Wildman–Crippen MR) is 80.6 cm³/mol. The zero-order valence-electron chi connectivity index (χ0n) is 10.9. The molecule has 0 radical (unpaired) electrons. The summed E-state index contributed by atoms with van der Waals surface area (Å²) in [4.78, 5) is 25.1. The molecule has 114 valence electrons. The molecule has 1 aliphatic rings. The molecule has 1 saturated heterocycles. The third kappa shape index (κ3) is 6.38. The average Bonchev–Trinajstić information content (AvgIpc) is 2.39. The molecule has 1 aromatic heterocycles. The Kier molecular flexibility index (Phi) is 9.24. The molecule has 1 unspecified atom stereocenters. The molecule has 0 spiro atoms. The summed E-state index contributed by atoms with van der Waals surface area (Å²) in [7, 11) is 0. The van der Waals surface area contributed by atoms with Crippen LogP contribution in [0.2, 0.25) is 0 Å². The molecule has 1 aromatic rings. The first kappa shape index (κ1) is 18.9. The van der Waals surface area contributed by atoms with Gasteiger partial charge in [-0.15, -0.1) is 24.8 Å². The normalized spacial score (nSPS) is 17.5. The van der Waals surface area contributed by atoms with Gasteiger partial charge in [-0.25, -0.2) is 0 Å². The van der Waals surface area contributed by atoms with Gasteiger partial charge in [-0.1, -0.05) is 6.07 Å². The SMILES string of the molecule is Cl.Cl.O=C(CC1COCCN1)NCc1ccc(=O)[nH]c1. The smallest absolute Gasteiger partial charge is 0.247 e. The van der Waals surface area contributed by atoms with Crippen LogP contribution in [0.3, 0.4) is 0 Å². The molecule has 0 bridgehead atoms. The molecule has 0 saturated carbocycles. The fraction of sp³-hybridized carbons (Fsp3) is 0.500.